The Morgan fingerprint density at radius 3 is 2.54 bits per heavy atom. The highest BCUT2D eigenvalue weighted by atomic mass is 16.5. The molecule has 0 aromatic rings. The van der Waals surface area contributed by atoms with E-state index in [4.69, 9.17) is 0 Å². The van der Waals surface area contributed by atoms with Gasteiger partial charge in [0.25, 0.3) is 0 Å². The highest BCUT2D eigenvalue weighted by molar-refractivity contribution is 5.82. The van der Waals surface area contributed by atoms with Gasteiger partial charge in [0.1, 0.15) is 5.78 Å². The maximum absolute atomic E-state index is 11.9. The third-order valence-corrected chi connectivity index (χ3v) is 4.61. The zero-order valence-electron chi connectivity index (χ0n) is 14.7. The molecule has 1 aliphatic rings. The summed E-state index contributed by atoms with van der Waals surface area (Å²) < 4.78 is 4.50. The number of carbonyl (C=O) groups excluding carboxylic acids is 2. The van der Waals surface area contributed by atoms with Gasteiger partial charge in [0, 0.05) is 31.3 Å². The van der Waals surface area contributed by atoms with Crippen LogP contribution >= 0.6 is 0 Å². The lowest BCUT2D eigenvalue weighted by Crippen LogP contribution is -2.21. The van der Waals surface area contributed by atoms with Gasteiger partial charge < -0.3 is 14.9 Å². The number of rotatable bonds is 10. The Labute approximate surface area is 144 Å². The van der Waals surface area contributed by atoms with Crippen molar-refractivity contribution >= 4 is 11.8 Å². The van der Waals surface area contributed by atoms with Gasteiger partial charge in [-0.25, -0.2) is 4.79 Å². The first-order valence-electron chi connectivity index (χ1n) is 8.80. The van der Waals surface area contributed by atoms with Crippen LogP contribution in [0.5, 0.6) is 0 Å². The number of hydrogen-bond donors (Lipinski definition) is 2. The average molecular weight is 338 g/mol. The van der Waals surface area contributed by atoms with Crippen molar-refractivity contribution in [1.82, 2.24) is 0 Å². The molecule has 5 nitrogen and oxygen atoms in total. The molecule has 0 aromatic heterocycles. The minimum absolute atomic E-state index is 0.127. The number of unbranched alkanes of at least 4 members (excludes halogenated alkanes) is 2. The van der Waals surface area contributed by atoms with Crippen LogP contribution in [0.3, 0.4) is 0 Å². The van der Waals surface area contributed by atoms with Crippen LogP contribution in [0, 0.1) is 11.8 Å². The van der Waals surface area contributed by atoms with E-state index in [0.29, 0.717) is 25.7 Å². The number of ketones is 1. The first kappa shape index (κ1) is 20.6. The van der Waals surface area contributed by atoms with Crippen molar-refractivity contribution in [2.45, 2.75) is 64.1 Å². The van der Waals surface area contributed by atoms with Crippen LogP contribution in [0.25, 0.3) is 0 Å². The minimum Gasteiger partial charge on any atom is -0.466 e. The predicted molar refractivity (Wildman–Crippen MR) is 92.3 cm³/mol. The van der Waals surface area contributed by atoms with Crippen LogP contribution in [-0.2, 0) is 14.3 Å². The van der Waals surface area contributed by atoms with Crippen LogP contribution in [0.1, 0.15) is 51.9 Å². The molecule has 0 heterocycles. The van der Waals surface area contributed by atoms with E-state index in [1.807, 2.05) is 0 Å². The first-order valence-corrected chi connectivity index (χ1v) is 8.80. The molecular formula is C19H30O5. The number of ether oxygens (including phenoxy) is 1. The van der Waals surface area contributed by atoms with Crippen molar-refractivity contribution in [1.29, 1.82) is 0 Å². The summed E-state index contributed by atoms with van der Waals surface area (Å²) in [6.45, 7) is 2.10. The van der Waals surface area contributed by atoms with Gasteiger partial charge in [-0.05, 0) is 18.8 Å². The fourth-order valence-corrected chi connectivity index (χ4v) is 3.20. The van der Waals surface area contributed by atoms with E-state index in [1.54, 1.807) is 18.2 Å². The highest BCUT2D eigenvalue weighted by Crippen LogP contribution is 2.36. The molecule has 0 unspecified atom stereocenters. The summed E-state index contributed by atoms with van der Waals surface area (Å²) in [5.41, 5.74) is 0. The van der Waals surface area contributed by atoms with Crippen molar-refractivity contribution in [3.63, 3.8) is 0 Å². The fraction of sp³-hybridized carbons (Fsp3) is 0.684. The molecule has 0 spiro atoms. The number of allylic oxidation sites excluding steroid dienone is 2. The van der Waals surface area contributed by atoms with Crippen molar-refractivity contribution in [3.8, 4) is 0 Å². The van der Waals surface area contributed by atoms with Gasteiger partial charge in [0.05, 0.1) is 19.3 Å². The van der Waals surface area contributed by atoms with Crippen molar-refractivity contribution in [2.75, 3.05) is 7.11 Å². The zero-order valence-corrected chi connectivity index (χ0v) is 14.7. The Hall–Kier alpha value is -1.46. The molecule has 4 atom stereocenters. The Bertz CT molecular complexity index is 455. The van der Waals surface area contributed by atoms with E-state index in [9.17, 15) is 19.8 Å². The fourth-order valence-electron chi connectivity index (χ4n) is 3.20. The maximum atomic E-state index is 11.9. The van der Waals surface area contributed by atoms with E-state index in [1.165, 1.54) is 13.2 Å². The van der Waals surface area contributed by atoms with Crippen LogP contribution in [-0.4, -0.2) is 41.3 Å². The standard InChI is InChI=1S/C19H30O5/c1-3-4-5-8-14(20)11-12-16-15(17(21)13-18(16)22)9-6-7-10-19(23)24-2/h6-7,9-10,15-18,21-22H,3-5,8,11-13H2,1-2H3/t15-,16+,17-,18+/m0/s1. The molecule has 1 rings (SSSR count). The number of aliphatic hydroxyl groups is 2. The lowest BCUT2D eigenvalue weighted by molar-refractivity contribution is -0.134. The number of carbonyl (C=O) groups is 2. The SMILES string of the molecule is CCCCCC(=O)CC[C@@H]1[C@H](C=CC=CC(=O)OC)[C@@H](O)C[C@H]1O. The topological polar surface area (TPSA) is 83.8 Å². The molecule has 5 heteroatoms. The molecule has 1 saturated carbocycles. The quantitative estimate of drug-likeness (QED) is 0.277. The normalized spacial score (nSPS) is 27.2. The van der Waals surface area contributed by atoms with Crippen LogP contribution in [0.2, 0.25) is 0 Å². The van der Waals surface area contributed by atoms with E-state index in [2.05, 4.69) is 11.7 Å². The van der Waals surface area contributed by atoms with Crippen molar-refractivity contribution in [3.05, 3.63) is 24.3 Å². The first-order chi connectivity index (χ1) is 11.5. The van der Waals surface area contributed by atoms with Crippen LogP contribution in [0.15, 0.2) is 24.3 Å². The molecule has 0 aliphatic heterocycles. The summed E-state index contributed by atoms with van der Waals surface area (Å²) in [5, 5.41) is 20.3. The molecule has 0 amide bonds. The molecule has 0 bridgehead atoms. The second-order valence-corrected chi connectivity index (χ2v) is 6.41. The summed E-state index contributed by atoms with van der Waals surface area (Å²) in [4.78, 5) is 22.9. The second-order valence-electron chi connectivity index (χ2n) is 6.41. The smallest absolute Gasteiger partial charge is 0.330 e. The van der Waals surface area contributed by atoms with Gasteiger partial charge >= 0.3 is 5.97 Å². The Morgan fingerprint density at radius 1 is 1.12 bits per heavy atom. The van der Waals surface area contributed by atoms with Gasteiger partial charge in [-0.15, -0.1) is 0 Å². The van der Waals surface area contributed by atoms with Crippen molar-refractivity contribution < 1.29 is 24.5 Å². The molecule has 1 fully saturated rings. The molecular weight excluding hydrogens is 308 g/mol. The Kier molecular flexibility index (Phi) is 9.57. The summed E-state index contributed by atoms with van der Waals surface area (Å²) in [7, 11) is 1.31. The molecule has 0 aromatic carbocycles. The van der Waals surface area contributed by atoms with E-state index >= 15 is 0 Å². The van der Waals surface area contributed by atoms with Crippen LogP contribution in [0.4, 0.5) is 0 Å². The summed E-state index contributed by atoms with van der Waals surface area (Å²) in [6.07, 6.45) is 10.1. The number of aliphatic hydroxyl groups excluding tert-OH is 2. The van der Waals surface area contributed by atoms with Crippen molar-refractivity contribution in [2.24, 2.45) is 11.8 Å². The molecule has 0 radical (unpaired) electrons. The van der Waals surface area contributed by atoms with Gasteiger partial charge in [-0.3, -0.25) is 4.79 Å². The molecule has 24 heavy (non-hydrogen) atoms. The average Bonchev–Trinajstić information content (AvgIpc) is 2.82. The van der Waals surface area contributed by atoms with Gasteiger partial charge in [-0.1, -0.05) is 38.0 Å². The Balaban J connectivity index is 2.53. The van der Waals surface area contributed by atoms with E-state index < -0.39 is 18.2 Å². The van der Waals surface area contributed by atoms with Gasteiger partial charge in [-0.2, -0.15) is 0 Å². The lowest BCUT2D eigenvalue weighted by atomic mass is 9.88. The molecule has 1 aliphatic carbocycles. The molecule has 0 saturated heterocycles. The second kappa shape index (κ2) is 11.2. The number of methoxy groups -OCH3 is 1. The monoisotopic (exact) mass is 338 g/mol. The maximum Gasteiger partial charge on any atom is 0.330 e. The third-order valence-electron chi connectivity index (χ3n) is 4.61. The molecule has 136 valence electrons. The van der Waals surface area contributed by atoms with Gasteiger partial charge in [0.2, 0.25) is 0 Å². The number of esters is 1. The largest absolute Gasteiger partial charge is 0.466 e. The minimum atomic E-state index is -0.622. The summed E-state index contributed by atoms with van der Waals surface area (Å²) >= 11 is 0. The highest BCUT2D eigenvalue weighted by Gasteiger charge is 2.39. The van der Waals surface area contributed by atoms with Crippen LogP contribution < -0.4 is 0 Å². The molecule has 2 N–H and O–H groups in total. The van der Waals surface area contributed by atoms with E-state index in [-0.39, 0.29) is 17.6 Å². The predicted octanol–water partition coefficient (Wildman–Crippen LogP) is 2.56. The Morgan fingerprint density at radius 2 is 1.88 bits per heavy atom. The number of Topliss-reactive ketones (excluding diaryl/α,β-unsaturated/α-hetero) is 1. The van der Waals surface area contributed by atoms with E-state index in [0.717, 1.165) is 19.3 Å². The number of hydrogen-bond acceptors (Lipinski definition) is 5. The summed E-state index contributed by atoms with van der Waals surface area (Å²) in [5.74, 6) is -0.546. The third kappa shape index (κ3) is 6.97. The van der Waals surface area contributed by atoms with Gasteiger partial charge in [0.15, 0.2) is 0 Å². The zero-order chi connectivity index (χ0) is 17.9. The summed E-state index contributed by atoms with van der Waals surface area (Å²) in [6, 6.07) is 0. The lowest BCUT2D eigenvalue weighted by Gasteiger charge is -2.20.